The molecule has 0 radical (unpaired) electrons. The van der Waals surface area contributed by atoms with Gasteiger partial charge < -0.3 is 10.1 Å². The largest absolute Gasteiger partial charge is 0.487 e. The second kappa shape index (κ2) is 6.29. The van der Waals surface area contributed by atoms with Crippen molar-refractivity contribution in [2.24, 2.45) is 0 Å². The van der Waals surface area contributed by atoms with E-state index in [4.69, 9.17) is 4.74 Å². The number of benzene rings is 1. The van der Waals surface area contributed by atoms with Gasteiger partial charge in [-0.05, 0) is 31.3 Å². The lowest BCUT2D eigenvalue weighted by atomic mass is 10.1. The normalized spacial score (nSPS) is 18.9. The number of hydrogen-bond donors (Lipinski definition) is 1. The van der Waals surface area contributed by atoms with Crippen LogP contribution >= 0.6 is 11.8 Å². The van der Waals surface area contributed by atoms with Crippen LogP contribution in [0.2, 0.25) is 0 Å². The highest BCUT2D eigenvalue weighted by Crippen LogP contribution is 2.35. The first-order valence-electron chi connectivity index (χ1n) is 6.82. The summed E-state index contributed by atoms with van der Waals surface area (Å²) in [5, 5.41) is 3.37. The van der Waals surface area contributed by atoms with Crippen molar-refractivity contribution in [3.8, 4) is 5.75 Å². The van der Waals surface area contributed by atoms with Gasteiger partial charge in [0.25, 0.3) is 0 Å². The molecule has 1 aromatic heterocycles. The first kappa shape index (κ1) is 13.5. The van der Waals surface area contributed by atoms with E-state index in [1.165, 1.54) is 4.90 Å². The molecule has 0 saturated heterocycles. The van der Waals surface area contributed by atoms with Crippen LogP contribution in [-0.4, -0.2) is 29.9 Å². The summed E-state index contributed by atoms with van der Waals surface area (Å²) in [7, 11) is 1.99. The van der Waals surface area contributed by atoms with Crippen molar-refractivity contribution in [3.63, 3.8) is 0 Å². The molecule has 1 aromatic carbocycles. The fourth-order valence-electron chi connectivity index (χ4n) is 2.40. The lowest BCUT2D eigenvalue weighted by molar-refractivity contribution is 0.169. The number of rotatable bonds is 4. The van der Waals surface area contributed by atoms with Crippen LogP contribution in [0.25, 0.3) is 0 Å². The Balaban J connectivity index is 1.72. The van der Waals surface area contributed by atoms with Crippen LogP contribution in [-0.2, 0) is 6.42 Å². The Morgan fingerprint density at radius 3 is 2.95 bits per heavy atom. The number of nitrogens with zero attached hydrogens (tertiary/aromatic N) is 1. The topological polar surface area (TPSA) is 34.2 Å². The minimum absolute atomic E-state index is 0.168. The van der Waals surface area contributed by atoms with Gasteiger partial charge in [-0.25, -0.2) is 0 Å². The van der Waals surface area contributed by atoms with Crippen molar-refractivity contribution >= 4 is 11.8 Å². The van der Waals surface area contributed by atoms with E-state index in [0.717, 1.165) is 23.6 Å². The van der Waals surface area contributed by atoms with Crippen LogP contribution in [0.15, 0.2) is 53.6 Å². The summed E-state index contributed by atoms with van der Waals surface area (Å²) in [5.74, 6) is 1.96. The molecule has 0 amide bonds. The maximum Gasteiger partial charge on any atom is 0.133 e. The zero-order chi connectivity index (χ0) is 13.8. The average Bonchev–Trinajstić information content (AvgIpc) is 2.53. The molecular formula is C16H18N2OS. The number of aromatic nitrogens is 1. The van der Waals surface area contributed by atoms with E-state index in [9.17, 15) is 0 Å². The lowest BCUT2D eigenvalue weighted by Crippen LogP contribution is -2.45. The Morgan fingerprint density at radius 1 is 1.30 bits per heavy atom. The molecule has 3 nitrogen and oxygen atoms in total. The molecule has 1 aliphatic heterocycles. The first-order chi connectivity index (χ1) is 9.86. The molecule has 3 rings (SSSR count). The number of thioether (sulfide) groups is 1. The van der Waals surface area contributed by atoms with E-state index in [0.29, 0.717) is 0 Å². The van der Waals surface area contributed by atoms with Gasteiger partial charge in [0.15, 0.2) is 0 Å². The standard InChI is InChI=1S/C16H18N2OS/c1-17-13(10-12-6-4-5-9-18-12)15-11-20-16-8-3-2-7-14(16)19-15/h2-9,13,15,17H,10-11H2,1H3. The summed E-state index contributed by atoms with van der Waals surface area (Å²) in [5.41, 5.74) is 1.10. The minimum atomic E-state index is 0.168. The van der Waals surface area contributed by atoms with Crippen LogP contribution in [0.1, 0.15) is 5.69 Å². The SMILES string of the molecule is CNC(Cc1ccccn1)C1CSc2ccccc2O1. The van der Waals surface area contributed by atoms with Gasteiger partial charge >= 0.3 is 0 Å². The number of fused-ring (bicyclic) bond motifs is 1. The number of nitrogens with one attached hydrogen (secondary N) is 1. The number of hydrogen-bond acceptors (Lipinski definition) is 4. The van der Waals surface area contributed by atoms with Crippen LogP contribution in [0, 0.1) is 0 Å². The predicted molar refractivity (Wildman–Crippen MR) is 82.4 cm³/mol. The van der Waals surface area contributed by atoms with E-state index in [-0.39, 0.29) is 12.1 Å². The quantitative estimate of drug-likeness (QED) is 0.937. The monoisotopic (exact) mass is 286 g/mol. The highest BCUT2D eigenvalue weighted by atomic mass is 32.2. The number of pyridine rings is 1. The van der Waals surface area contributed by atoms with E-state index in [1.54, 1.807) is 0 Å². The molecule has 2 unspecified atom stereocenters. The predicted octanol–water partition coefficient (Wildman–Crippen LogP) is 2.77. The number of ether oxygens (including phenoxy) is 1. The second-order valence-electron chi connectivity index (χ2n) is 4.83. The smallest absolute Gasteiger partial charge is 0.133 e. The maximum absolute atomic E-state index is 6.15. The van der Waals surface area contributed by atoms with Gasteiger partial charge in [-0.2, -0.15) is 0 Å². The average molecular weight is 286 g/mol. The molecular weight excluding hydrogens is 268 g/mol. The molecule has 0 aliphatic carbocycles. The van der Waals surface area contributed by atoms with Gasteiger partial charge in [-0.1, -0.05) is 18.2 Å². The van der Waals surface area contributed by atoms with E-state index in [2.05, 4.69) is 28.5 Å². The number of para-hydroxylation sites is 1. The molecule has 0 spiro atoms. The highest BCUT2D eigenvalue weighted by Gasteiger charge is 2.27. The Bertz CT molecular complexity index is 561. The molecule has 2 atom stereocenters. The minimum Gasteiger partial charge on any atom is -0.487 e. The first-order valence-corrected chi connectivity index (χ1v) is 7.81. The van der Waals surface area contributed by atoms with Gasteiger partial charge in [0.2, 0.25) is 0 Å². The van der Waals surface area contributed by atoms with Crippen LogP contribution in [0.5, 0.6) is 5.75 Å². The third-order valence-corrected chi connectivity index (χ3v) is 4.65. The molecule has 0 bridgehead atoms. The zero-order valence-electron chi connectivity index (χ0n) is 11.5. The Kier molecular flexibility index (Phi) is 4.23. The molecule has 0 saturated carbocycles. The lowest BCUT2D eigenvalue weighted by Gasteiger charge is -2.31. The van der Waals surface area contributed by atoms with Crippen molar-refractivity contribution in [1.29, 1.82) is 0 Å². The Morgan fingerprint density at radius 2 is 2.15 bits per heavy atom. The fraction of sp³-hybridized carbons (Fsp3) is 0.312. The van der Waals surface area contributed by atoms with Crippen molar-refractivity contribution in [1.82, 2.24) is 10.3 Å². The maximum atomic E-state index is 6.15. The van der Waals surface area contributed by atoms with Gasteiger partial charge in [0.1, 0.15) is 11.9 Å². The third kappa shape index (κ3) is 2.97. The molecule has 104 valence electrons. The van der Waals surface area contributed by atoms with E-state index >= 15 is 0 Å². The van der Waals surface area contributed by atoms with Crippen molar-refractivity contribution in [2.75, 3.05) is 12.8 Å². The summed E-state index contributed by atoms with van der Waals surface area (Å²) in [6.07, 6.45) is 2.89. The molecule has 0 fully saturated rings. The van der Waals surface area contributed by atoms with E-state index in [1.807, 2.05) is 49.3 Å². The summed E-state index contributed by atoms with van der Waals surface area (Å²) >= 11 is 1.87. The summed E-state index contributed by atoms with van der Waals surface area (Å²) in [6.45, 7) is 0. The molecule has 20 heavy (non-hydrogen) atoms. The highest BCUT2D eigenvalue weighted by molar-refractivity contribution is 7.99. The van der Waals surface area contributed by atoms with Crippen LogP contribution in [0.4, 0.5) is 0 Å². The van der Waals surface area contributed by atoms with Crippen molar-refractivity contribution < 1.29 is 4.74 Å². The van der Waals surface area contributed by atoms with Gasteiger partial charge in [-0.3, -0.25) is 4.98 Å². The van der Waals surface area contributed by atoms with Crippen molar-refractivity contribution in [2.45, 2.75) is 23.5 Å². The van der Waals surface area contributed by atoms with Crippen LogP contribution < -0.4 is 10.1 Å². The zero-order valence-corrected chi connectivity index (χ0v) is 12.3. The molecule has 2 heterocycles. The van der Waals surface area contributed by atoms with Crippen molar-refractivity contribution in [3.05, 3.63) is 54.4 Å². The molecule has 1 aliphatic rings. The van der Waals surface area contributed by atoms with Gasteiger partial charge in [0.05, 0.1) is 6.04 Å². The molecule has 2 aromatic rings. The van der Waals surface area contributed by atoms with Crippen LogP contribution in [0.3, 0.4) is 0 Å². The Hall–Kier alpha value is -1.52. The number of likely N-dealkylation sites (N-methyl/N-ethyl adjacent to an activating group) is 1. The third-order valence-electron chi connectivity index (χ3n) is 3.51. The van der Waals surface area contributed by atoms with E-state index < -0.39 is 0 Å². The molecule has 1 N–H and O–H groups in total. The fourth-order valence-corrected chi connectivity index (χ4v) is 3.48. The summed E-state index contributed by atoms with van der Waals surface area (Å²) in [6, 6.07) is 14.5. The second-order valence-corrected chi connectivity index (χ2v) is 5.90. The summed E-state index contributed by atoms with van der Waals surface area (Å²) in [4.78, 5) is 5.64. The Labute approximate surface area is 123 Å². The van der Waals surface area contributed by atoms with Gasteiger partial charge in [0, 0.05) is 29.0 Å². The summed E-state index contributed by atoms with van der Waals surface area (Å²) < 4.78 is 6.15. The molecule has 4 heteroatoms. The van der Waals surface area contributed by atoms with Gasteiger partial charge in [-0.15, -0.1) is 11.8 Å².